The predicted molar refractivity (Wildman–Crippen MR) is 59.9 cm³/mol. The summed E-state index contributed by atoms with van der Waals surface area (Å²) in [7, 11) is -0.571. The van der Waals surface area contributed by atoms with E-state index in [-0.39, 0.29) is 6.16 Å². The number of aliphatic hydroxyl groups is 1. The van der Waals surface area contributed by atoms with E-state index in [1.165, 1.54) is 14.2 Å². The fourth-order valence-corrected chi connectivity index (χ4v) is 2.47. The Morgan fingerprint density at radius 2 is 1.80 bits per heavy atom. The molecule has 5 nitrogen and oxygen atoms in total. The molecule has 0 radical (unpaired) electrons. The van der Waals surface area contributed by atoms with E-state index in [1.807, 2.05) is 13.8 Å². The molecule has 0 heterocycles. The smallest absolute Gasteiger partial charge is 0.332 e. The molecular formula is C9H22NO4P. The van der Waals surface area contributed by atoms with Crippen LogP contribution >= 0.6 is 7.60 Å². The molecule has 0 aromatic rings. The van der Waals surface area contributed by atoms with Crippen LogP contribution in [-0.2, 0) is 13.6 Å². The predicted octanol–water partition coefficient (Wildman–Crippen LogP) is 1.21. The van der Waals surface area contributed by atoms with Gasteiger partial charge in [-0.1, -0.05) is 13.8 Å². The highest BCUT2D eigenvalue weighted by atomic mass is 31.2. The highest BCUT2D eigenvalue weighted by Crippen LogP contribution is 2.47. The van der Waals surface area contributed by atoms with Crippen molar-refractivity contribution in [2.75, 3.05) is 20.4 Å². The zero-order chi connectivity index (χ0) is 12.1. The van der Waals surface area contributed by atoms with Crippen molar-refractivity contribution in [1.82, 2.24) is 0 Å². The Hall–Kier alpha value is 0.0700. The molecule has 0 spiro atoms. The fraction of sp³-hybridized carbons (Fsp3) is 1.00. The van der Waals surface area contributed by atoms with Crippen LogP contribution in [0.15, 0.2) is 0 Å². The first kappa shape index (κ1) is 15.1. The summed E-state index contributed by atoms with van der Waals surface area (Å²) >= 11 is 0. The van der Waals surface area contributed by atoms with Gasteiger partial charge in [-0.15, -0.1) is 0 Å². The zero-order valence-electron chi connectivity index (χ0n) is 9.84. The monoisotopic (exact) mass is 239 g/mol. The standard InChI is InChI=1S/C9H22NO4P/c1-7(2)5-8(10)9(11)6-15(12,13-3)14-4/h7-9,11H,5-6,10H2,1-4H3/t8-,9?/m0/s1. The van der Waals surface area contributed by atoms with Crippen molar-refractivity contribution >= 4 is 7.60 Å². The van der Waals surface area contributed by atoms with Crippen LogP contribution in [0.1, 0.15) is 20.3 Å². The van der Waals surface area contributed by atoms with E-state index < -0.39 is 19.7 Å². The molecule has 0 fully saturated rings. The van der Waals surface area contributed by atoms with Crippen LogP contribution in [-0.4, -0.2) is 37.6 Å². The van der Waals surface area contributed by atoms with Crippen molar-refractivity contribution in [3.05, 3.63) is 0 Å². The molecule has 2 atom stereocenters. The molecule has 0 aliphatic carbocycles. The number of hydrogen-bond donors (Lipinski definition) is 2. The van der Waals surface area contributed by atoms with Crippen molar-refractivity contribution in [2.24, 2.45) is 11.7 Å². The Morgan fingerprint density at radius 1 is 1.33 bits per heavy atom. The summed E-state index contributed by atoms with van der Waals surface area (Å²) in [6, 6.07) is -0.399. The van der Waals surface area contributed by atoms with E-state index in [9.17, 15) is 9.67 Å². The van der Waals surface area contributed by atoms with E-state index in [1.54, 1.807) is 0 Å². The molecule has 15 heavy (non-hydrogen) atoms. The quantitative estimate of drug-likeness (QED) is 0.652. The van der Waals surface area contributed by atoms with Gasteiger partial charge in [0.05, 0.1) is 12.3 Å². The SMILES string of the molecule is COP(=O)(CC(O)[C@@H](N)CC(C)C)OC. The first-order chi connectivity index (χ1) is 6.84. The van der Waals surface area contributed by atoms with Crippen molar-refractivity contribution < 1.29 is 18.7 Å². The van der Waals surface area contributed by atoms with Crippen LogP contribution in [0.25, 0.3) is 0 Å². The van der Waals surface area contributed by atoms with Crippen molar-refractivity contribution in [3.8, 4) is 0 Å². The van der Waals surface area contributed by atoms with Gasteiger partial charge in [0.1, 0.15) is 0 Å². The summed E-state index contributed by atoms with van der Waals surface area (Å²) in [6.07, 6.45) is -0.249. The van der Waals surface area contributed by atoms with E-state index in [0.717, 1.165) is 0 Å². The van der Waals surface area contributed by atoms with Crippen molar-refractivity contribution in [3.63, 3.8) is 0 Å². The average Bonchev–Trinajstić information content (AvgIpc) is 2.16. The number of hydrogen-bond acceptors (Lipinski definition) is 5. The highest BCUT2D eigenvalue weighted by Gasteiger charge is 2.29. The highest BCUT2D eigenvalue weighted by molar-refractivity contribution is 7.53. The van der Waals surface area contributed by atoms with E-state index in [0.29, 0.717) is 12.3 Å². The lowest BCUT2D eigenvalue weighted by molar-refractivity contribution is 0.144. The van der Waals surface area contributed by atoms with Gasteiger partial charge in [-0.25, -0.2) is 0 Å². The third-order valence-electron chi connectivity index (χ3n) is 2.20. The largest absolute Gasteiger partial charge is 0.391 e. The minimum atomic E-state index is -3.16. The molecule has 0 aliphatic rings. The second kappa shape index (κ2) is 6.61. The number of aliphatic hydroxyl groups excluding tert-OH is 1. The molecule has 0 aromatic heterocycles. The average molecular weight is 239 g/mol. The van der Waals surface area contributed by atoms with Crippen LogP contribution in [0, 0.1) is 5.92 Å². The molecule has 92 valence electrons. The van der Waals surface area contributed by atoms with Crippen LogP contribution in [0.4, 0.5) is 0 Å². The molecular weight excluding hydrogens is 217 g/mol. The minimum Gasteiger partial charge on any atom is -0.391 e. The van der Waals surface area contributed by atoms with Crippen LogP contribution in [0.2, 0.25) is 0 Å². The normalized spacial score (nSPS) is 16.7. The molecule has 0 amide bonds. The third-order valence-corrected chi connectivity index (χ3v) is 4.14. The molecule has 0 saturated heterocycles. The Labute approximate surface area is 91.5 Å². The first-order valence-corrected chi connectivity index (χ1v) is 6.71. The summed E-state index contributed by atoms with van der Waals surface area (Å²) < 4.78 is 21.2. The lowest BCUT2D eigenvalue weighted by Crippen LogP contribution is -2.38. The molecule has 0 bridgehead atoms. The molecule has 0 aromatic carbocycles. The maximum atomic E-state index is 11.7. The van der Waals surface area contributed by atoms with Gasteiger partial charge >= 0.3 is 7.60 Å². The molecule has 0 rings (SSSR count). The van der Waals surface area contributed by atoms with Crippen molar-refractivity contribution in [2.45, 2.75) is 32.4 Å². The lowest BCUT2D eigenvalue weighted by atomic mass is 10.0. The first-order valence-electron chi connectivity index (χ1n) is 4.98. The Kier molecular flexibility index (Phi) is 6.64. The lowest BCUT2D eigenvalue weighted by Gasteiger charge is -2.23. The van der Waals surface area contributed by atoms with E-state index >= 15 is 0 Å². The van der Waals surface area contributed by atoms with Crippen LogP contribution < -0.4 is 5.73 Å². The Balaban J connectivity index is 4.22. The van der Waals surface area contributed by atoms with Gasteiger partial charge < -0.3 is 19.9 Å². The Bertz CT molecular complexity index is 214. The van der Waals surface area contributed by atoms with Gasteiger partial charge in [0.15, 0.2) is 0 Å². The number of rotatable bonds is 7. The van der Waals surface area contributed by atoms with Gasteiger partial charge in [0.2, 0.25) is 0 Å². The summed E-state index contributed by atoms with van der Waals surface area (Å²) in [5.74, 6) is 0.388. The van der Waals surface area contributed by atoms with Gasteiger partial charge in [-0.05, 0) is 12.3 Å². The Morgan fingerprint density at radius 3 is 2.13 bits per heavy atom. The van der Waals surface area contributed by atoms with Crippen LogP contribution in [0.3, 0.4) is 0 Å². The third kappa shape index (κ3) is 5.64. The topological polar surface area (TPSA) is 81.8 Å². The summed E-state index contributed by atoms with van der Waals surface area (Å²) in [5.41, 5.74) is 5.75. The van der Waals surface area contributed by atoms with Gasteiger partial charge in [0.25, 0.3) is 0 Å². The summed E-state index contributed by atoms with van der Waals surface area (Å²) in [6.45, 7) is 4.03. The second-order valence-electron chi connectivity index (χ2n) is 4.02. The molecule has 1 unspecified atom stereocenters. The number of nitrogens with two attached hydrogens (primary N) is 1. The maximum absolute atomic E-state index is 11.7. The van der Waals surface area contributed by atoms with Crippen LogP contribution in [0.5, 0.6) is 0 Å². The van der Waals surface area contributed by atoms with E-state index in [2.05, 4.69) is 0 Å². The molecule has 0 saturated carbocycles. The molecule has 0 aliphatic heterocycles. The van der Waals surface area contributed by atoms with Gasteiger partial charge in [0, 0.05) is 20.3 Å². The summed E-state index contributed by atoms with van der Waals surface area (Å²) in [5, 5.41) is 9.71. The fourth-order valence-electron chi connectivity index (χ4n) is 1.29. The minimum absolute atomic E-state index is 0.0616. The second-order valence-corrected chi connectivity index (χ2v) is 6.34. The van der Waals surface area contributed by atoms with Gasteiger partial charge in [-0.2, -0.15) is 0 Å². The molecule has 3 N–H and O–H groups in total. The van der Waals surface area contributed by atoms with E-state index in [4.69, 9.17) is 14.8 Å². The van der Waals surface area contributed by atoms with Crippen molar-refractivity contribution in [1.29, 1.82) is 0 Å². The zero-order valence-corrected chi connectivity index (χ0v) is 10.7. The summed E-state index contributed by atoms with van der Waals surface area (Å²) in [4.78, 5) is 0. The maximum Gasteiger partial charge on any atom is 0.332 e. The molecule has 6 heteroatoms. The van der Waals surface area contributed by atoms with Gasteiger partial charge in [-0.3, -0.25) is 4.57 Å².